The Morgan fingerprint density at radius 3 is 2.45 bits per heavy atom. The molecule has 1 aromatic carbocycles. The lowest BCUT2D eigenvalue weighted by molar-refractivity contribution is -0.145. The van der Waals surface area contributed by atoms with Gasteiger partial charge in [0.05, 0.1) is 18.2 Å². The lowest BCUT2D eigenvalue weighted by Crippen LogP contribution is -2.59. The van der Waals surface area contributed by atoms with E-state index in [2.05, 4.69) is 15.6 Å². The number of rotatable bonds is 9. The molecular weight excluding hydrogens is 512 g/mol. The molecule has 208 valence electrons. The maximum absolute atomic E-state index is 14.5. The van der Waals surface area contributed by atoms with Crippen molar-refractivity contribution in [1.29, 1.82) is 5.41 Å². The van der Waals surface area contributed by atoms with Gasteiger partial charge in [-0.25, -0.2) is 18.2 Å². The highest BCUT2D eigenvalue weighted by atomic mass is 19.4. The molecule has 1 aromatic rings. The van der Waals surface area contributed by atoms with Gasteiger partial charge in [-0.2, -0.15) is 13.2 Å². The number of halogens is 6. The number of amides is 1. The summed E-state index contributed by atoms with van der Waals surface area (Å²) in [4.78, 5) is 18.1. The normalized spacial score (nSPS) is 21.0. The monoisotopic (exact) mass is 543 g/mol. The standard InChI is InChI=1S/C26H31F6N5O/c1-5-17(26(30,31)32)12-35-22(6-2)36-14-21-16(3)11-25(28,29)15-37(21)24(38)23(33)19(13-34-4)18-9-7-8-10-20(18)27/h5-10,12-13,16,21,33-34,36H,11,14-15H2,1-4H3/b17-5+,19-13-,22-6+,33-23?,35-12-. The molecule has 3 N–H and O–H groups in total. The van der Waals surface area contributed by atoms with Crippen molar-refractivity contribution in [1.82, 2.24) is 15.5 Å². The van der Waals surface area contributed by atoms with Gasteiger partial charge in [0.15, 0.2) is 0 Å². The fraction of sp³-hybridized carbons (Fsp3) is 0.423. The number of carbonyl (C=O) groups excluding carboxylic acids is 1. The van der Waals surface area contributed by atoms with Gasteiger partial charge in [-0.05, 0) is 31.9 Å². The van der Waals surface area contributed by atoms with Crippen molar-refractivity contribution in [3.05, 3.63) is 65.4 Å². The third-order valence-electron chi connectivity index (χ3n) is 6.02. The van der Waals surface area contributed by atoms with E-state index >= 15 is 0 Å². The Morgan fingerprint density at radius 1 is 1.24 bits per heavy atom. The Balaban J connectivity index is 2.33. The summed E-state index contributed by atoms with van der Waals surface area (Å²) in [5.41, 5.74) is -1.83. The lowest BCUT2D eigenvalue weighted by atomic mass is 9.87. The quantitative estimate of drug-likeness (QED) is 0.292. The Labute approximate surface area is 217 Å². The zero-order valence-corrected chi connectivity index (χ0v) is 21.5. The SMILES string of the molecule is C\C=C(/N=C\C(=C/C)C(F)(F)F)NCC1C(C)CC(F)(F)CN1C(=O)C(=N)/C(=C\NC)c1ccccc1F. The van der Waals surface area contributed by atoms with Gasteiger partial charge < -0.3 is 15.5 Å². The van der Waals surface area contributed by atoms with Crippen LogP contribution < -0.4 is 10.6 Å². The molecule has 12 heteroatoms. The van der Waals surface area contributed by atoms with E-state index in [0.717, 1.165) is 17.0 Å². The molecule has 1 heterocycles. The fourth-order valence-corrected chi connectivity index (χ4v) is 4.13. The first-order valence-corrected chi connectivity index (χ1v) is 11.8. The topological polar surface area (TPSA) is 80.6 Å². The molecule has 1 fully saturated rings. The van der Waals surface area contributed by atoms with Crippen LogP contribution in [0.1, 0.15) is 32.8 Å². The van der Waals surface area contributed by atoms with E-state index in [1.165, 1.54) is 58.3 Å². The highest BCUT2D eigenvalue weighted by Crippen LogP contribution is 2.35. The number of piperidine rings is 1. The zero-order chi connectivity index (χ0) is 28.7. The molecule has 2 unspecified atom stereocenters. The van der Waals surface area contributed by atoms with Gasteiger partial charge in [0.25, 0.3) is 11.8 Å². The minimum absolute atomic E-state index is 0.0442. The number of alkyl halides is 5. The number of nitrogens with one attached hydrogen (secondary N) is 3. The smallest absolute Gasteiger partial charge is 0.393 e. The fourth-order valence-electron chi connectivity index (χ4n) is 4.13. The van der Waals surface area contributed by atoms with E-state index in [1.54, 1.807) is 0 Å². The van der Waals surface area contributed by atoms with Crippen LogP contribution in [0.25, 0.3) is 5.57 Å². The Hall–Kier alpha value is -3.57. The summed E-state index contributed by atoms with van der Waals surface area (Å²) in [6.45, 7) is 3.18. The van der Waals surface area contributed by atoms with Crippen molar-refractivity contribution in [2.24, 2.45) is 10.9 Å². The van der Waals surface area contributed by atoms with E-state index in [-0.39, 0.29) is 23.5 Å². The number of hydrogen-bond acceptors (Lipinski definition) is 5. The first-order chi connectivity index (χ1) is 17.8. The van der Waals surface area contributed by atoms with Crippen molar-refractivity contribution in [2.45, 2.75) is 45.3 Å². The molecule has 2 rings (SSSR count). The van der Waals surface area contributed by atoms with E-state index in [0.29, 0.717) is 6.21 Å². The van der Waals surface area contributed by atoms with Crippen LogP contribution in [0.3, 0.4) is 0 Å². The van der Waals surface area contributed by atoms with Crippen molar-refractivity contribution in [3.63, 3.8) is 0 Å². The van der Waals surface area contributed by atoms with Crippen LogP contribution in [0, 0.1) is 17.1 Å². The summed E-state index contributed by atoms with van der Waals surface area (Å²) in [5, 5.41) is 13.9. The zero-order valence-electron chi connectivity index (χ0n) is 21.5. The predicted octanol–water partition coefficient (Wildman–Crippen LogP) is 5.31. The van der Waals surface area contributed by atoms with E-state index in [1.807, 2.05) is 0 Å². The molecule has 0 aliphatic carbocycles. The Kier molecular flexibility index (Phi) is 10.3. The lowest BCUT2D eigenvalue weighted by Gasteiger charge is -2.43. The van der Waals surface area contributed by atoms with Gasteiger partial charge >= 0.3 is 6.18 Å². The van der Waals surface area contributed by atoms with E-state index in [4.69, 9.17) is 5.41 Å². The molecule has 0 aromatic heterocycles. The molecule has 1 amide bonds. The summed E-state index contributed by atoms with van der Waals surface area (Å²) in [6, 6.07) is 4.61. The maximum Gasteiger partial charge on any atom is 0.417 e. The van der Waals surface area contributed by atoms with E-state index < -0.39 is 60.0 Å². The number of allylic oxidation sites excluding steroid dienone is 3. The molecule has 1 aliphatic heterocycles. The van der Waals surface area contributed by atoms with Gasteiger partial charge in [-0.3, -0.25) is 10.2 Å². The van der Waals surface area contributed by atoms with Crippen LogP contribution in [0.2, 0.25) is 0 Å². The van der Waals surface area contributed by atoms with Gasteiger partial charge in [-0.1, -0.05) is 31.2 Å². The molecule has 2 atom stereocenters. The first kappa shape index (κ1) is 30.7. The summed E-state index contributed by atoms with van der Waals surface area (Å²) >= 11 is 0. The molecule has 0 radical (unpaired) electrons. The van der Waals surface area contributed by atoms with Gasteiger partial charge in [0, 0.05) is 43.6 Å². The number of nitrogens with zero attached hydrogens (tertiary/aromatic N) is 2. The summed E-state index contributed by atoms with van der Waals surface area (Å²) in [7, 11) is 1.49. The summed E-state index contributed by atoms with van der Waals surface area (Å²) in [6.07, 6.45) is -0.982. The highest BCUT2D eigenvalue weighted by molar-refractivity contribution is 6.54. The second-order valence-electron chi connectivity index (χ2n) is 8.79. The Bertz CT molecular complexity index is 1140. The summed E-state index contributed by atoms with van der Waals surface area (Å²) in [5.74, 6) is -5.66. The molecule has 1 aliphatic rings. The molecule has 38 heavy (non-hydrogen) atoms. The van der Waals surface area contributed by atoms with Crippen LogP contribution in [0.5, 0.6) is 0 Å². The number of aliphatic imine (C=N–C) groups is 1. The second-order valence-corrected chi connectivity index (χ2v) is 8.79. The van der Waals surface area contributed by atoms with Crippen LogP contribution in [0.15, 0.2) is 59.0 Å². The number of hydrogen-bond donors (Lipinski definition) is 3. The van der Waals surface area contributed by atoms with Gasteiger partial charge in [0.1, 0.15) is 17.3 Å². The Morgan fingerprint density at radius 2 is 1.89 bits per heavy atom. The highest BCUT2D eigenvalue weighted by Gasteiger charge is 2.47. The summed E-state index contributed by atoms with van der Waals surface area (Å²) < 4.78 is 82.5. The minimum Gasteiger partial charge on any atom is -0.393 e. The van der Waals surface area contributed by atoms with Gasteiger partial charge in [0.2, 0.25) is 0 Å². The third kappa shape index (κ3) is 7.72. The average Bonchev–Trinajstić information content (AvgIpc) is 2.83. The molecule has 0 saturated carbocycles. The number of benzene rings is 1. The van der Waals surface area contributed by atoms with Crippen molar-refractivity contribution in [3.8, 4) is 0 Å². The predicted molar refractivity (Wildman–Crippen MR) is 135 cm³/mol. The molecule has 0 bridgehead atoms. The number of carbonyl (C=O) groups is 1. The first-order valence-electron chi connectivity index (χ1n) is 11.8. The third-order valence-corrected chi connectivity index (χ3v) is 6.02. The molecule has 6 nitrogen and oxygen atoms in total. The van der Waals surface area contributed by atoms with E-state index in [9.17, 15) is 31.1 Å². The van der Waals surface area contributed by atoms with Crippen LogP contribution in [-0.2, 0) is 4.79 Å². The van der Waals surface area contributed by atoms with Gasteiger partial charge in [-0.15, -0.1) is 0 Å². The van der Waals surface area contributed by atoms with Crippen LogP contribution in [-0.4, -0.2) is 61.0 Å². The second kappa shape index (κ2) is 12.8. The van der Waals surface area contributed by atoms with Crippen molar-refractivity contribution >= 4 is 23.4 Å². The number of likely N-dealkylation sites (tertiary alicyclic amines) is 1. The van der Waals surface area contributed by atoms with Crippen LogP contribution >= 0.6 is 0 Å². The van der Waals surface area contributed by atoms with Crippen LogP contribution in [0.4, 0.5) is 26.3 Å². The maximum atomic E-state index is 14.5. The minimum atomic E-state index is -4.60. The largest absolute Gasteiger partial charge is 0.417 e. The molecular formula is C26H31F6N5O. The molecule has 0 spiro atoms. The average molecular weight is 544 g/mol. The molecule has 1 saturated heterocycles. The van der Waals surface area contributed by atoms with Crippen molar-refractivity contribution in [2.75, 3.05) is 20.1 Å². The van der Waals surface area contributed by atoms with Crippen molar-refractivity contribution < 1.29 is 31.1 Å².